The minimum Gasteiger partial charge on any atom is -0.481 e. The Morgan fingerprint density at radius 1 is 1.32 bits per heavy atom. The van der Waals surface area contributed by atoms with E-state index in [0.29, 0.717) is 0 Å². The summed E-state index contributed by atoms with van der Waals surface area (Å²) in [4.78, 5) is 11.2. The number of carboxylic acids is 1. The Morgan fingerprint density at radius 2 is 1.86 bits per heavy atom. The molecule has 0 bridgehead atoms. The summed E-state index contributed by atoms with van der Waals surface area (Å²) in [5, 5.41) is 9.34. The summed E-state index contributed by atoms with van der Waals surface area (Å²) in [7, 11) is -0.879. The first kappa shape index (κ1) is 17.3. The van der Waals surface area contributed by atoms with Crippen LogP contribution in [0.4, 0.5) is 4.39 Å². The van der Waals surface area contributed by atoms with Crippen molar-refractivity contribution in [3.8, 4) is 0 Å². The lowest BCUT2D eigenvalue weighted by molar-refractivity contribution is -0.137. The predicted octanol–water partition coefficient (Wildman–Crippen LogP) is 3.67. The number of hydrogen-bond donors (Lipinski definition) is 1. The molecule has 1 unspecified atom stereocenters. The van der Waals surface area contributed by atoms with Crippen LogP contribution < -0.4 is 0 Å². The smallest absolute Gasteiger partial charge is 0.466 e. The van der Waals surface area contributed by atoms with E-state index in [4.69, 9.17) is 20.9 Å². The summed E-state index contributed by atoms with van der Waals surface area (Å²) < 4.78 is 26.0. The standard InChI is InChI=1S/C15H19BClFO4/c1-14(2)15(3,4)22-16(21-14)9(8-12(19)20)13-10(17)6-5-7-11(13)18/h5-7,9H,8H2,1-4H3,(H,19,20). The van der Waals surface area contributed by atoms with Gasteiger partial charge in [-0.05, 0) is 39.8 Å². The topological polar surface area (TPSA) is 55.8 Å². The average molecular weight is 329 g/mol. The van der Waals surface area contributed by atoms with Gasteiger partial charge in [0.25, 0.3) is 0 Å². The zero-order valence-electron chi connectivity index (χ0n) is 13.0. The fourth-order valence-electron chi connectivity index (χ4n) is 2.44. The molecular weight excluding hydrogens is 309 g/mol. The van der Waals surface area contributed by atoms with Gasteiger partial charge in [0.2, 0.25) is 0 Å². The van der Waals surface area contributed by atoms with E-state index in [2.05, 4.69) is 0 Å². The third kappa shape index (κ3) is 3.14. The number of carbonyl (C=O) groups is 1. The van der Waals surface area contributed by atoms with Crippen LogP contribution in [0, 0.1) is 5.82 Å². The molecule has 1 aliphatic rings. The molecule has 0 amide bonds. The SMILES string of the molecule is CC1(C)OB(C(CC(=O)O)c2c(F)cccc2Cl)OC1(C)C. The van der Waals surface area contributed by atoms with Crippen LogP contribution in [0.15, 0.2) is 18.2 Å². The van der Waals surface area contributed by atoms with Crippen molar-refractivity contribution < 1.29 is 23.6 Å². The fourth-order valence-corrected chi connectivity index (χ4v) is 2.74. The van der Waals surface area contributed by atoms with Crippen molar-refractivity contribution in [2.75, 3.05) is 0 Å². The molecule has 1 heterocycles. The molecule has 1 atom stereocenters. The van der Waals surface area contributed by atoms with Crippen LogP contribution in [-0.4, -0.2) is 29.4 Å². The zero-order valence-corrected chi connectivity index (χ0v) is 13.8. The number of carboxylic acid groups (broad SMARTS) is 1. The molecule has 0 radical (unpaired) electrons. The maximum absolute atomic E-state index is 14.2. The molecule has 1 fully saturated rings. The van der Waals surface area contributed by atoms with Gasteiger partial charge in [-0.25, -0.2) is 4.39 Å². The molecule has 1 N–H and O–H groups in total. The Morgan fingerprint density at radius 3 is 2.32 bits per heavy atom. The van der Waals surface area contributed by atoms with Gasteiger partial charge in [0, 0.05) is 16.4 Å². The lowest BCUT2D eigenvalue weighted by Crippen LogP contribution is -2.41. The van der Waals surface area contributed by atoms with E-state index < -0.39 is 35.9 Å². The molecule has 0 aliphatic carbocycles. The lowest BCUT2D eigenvalue weighted by Gasteiger charge is -2.32. The molecule has 1 aromatic carbocycles. The number of hydrogen-bond acceptors (Lipinski definition) is 3. The van der Waals surface area contributed by atoms with Gasteiger partial charge in [0.1, 0.15) is 5.82 Å². The van der Waals surface area contributed by atoms with E-state index in [9.17, 15) is 14.3 Å². The first-order valence-corrected chi connectivity index (χ1v) is 7.44. The predicted molar refractivity (Wildman–Crippen MR) is 82.5 cm³/mol. The van der Waals surface area contributed by atoms with Crippen LogP contribution in [0.2, 0.25) is 5.02 Å². The van der Waals surface area contributed by atoms with Crippen molar-refractivity contribution in [1.29, 1.82) is 0 Å². The molecule has 4 nitrogen and oxygen atoms in total. The third-order valence-corrected chi connectivity index (χ3v) is 4.69. The van der Waals surface area contributed by atoms with Crippen molar-refractivity contribution in [2.45, 2.75) is 51.1 Å². The van der Waals surface area contributed by atoms with E-state index >= 15 is 0 Å². The molecule has 7 heteroatoms. The van der Waals surface area contributed by atoms with Crippen LogP contribution in [0.25, 0.3) is 0 Å². The molecule has 0 aromatic heterocycles. The quantitative estimate of drug-likeness (QED) is 0.857. The Bertz CT molecular complexity index is 555. The molecule has 1 saturated heterocycles. The molecule has 1 aliphatic heterocycles. The molecule has 0 spiro atoms. The highest BCUT2D eigenvalue weighted by molar-refractivity contribution is 6.48. The van der Waals surface area contributed by atoms with Gasteiger partial charge in [-0.2, -0.15) is 0 Å². The third-order valence-electron chi connectivity index (χ3n) is 4.37. The maximum Gasteiger partial charge on any atom is 0.466 e. The number of benzene rings is 1. The second-order valence-electron chi connectivity index (χ2n) is 6.46. The highest BCUT2D eigenvalue weighted by Crippen LogP contribution is 2.43. The summed E-state index contributed by atoms with van der Waals surface area (Å²) in [6.45, 7) is 7.42. The zero-order chi connectivity index (χ0) is 16.7. The van der Waals surface area contributed by atoms with Gasteiger partial charge in [0.05, 0.1) is 17.6 Å². The Balaban J connectivity index is 2.43. The molecule has 2 rings (SSSR count). The van der Waals surface area contributed by atoms with Crippen LogP contribution in [0.1, 0.15) is 45.5 Å². The molecule has 1 aromatic rings. The summed E-state index contributed by atoms with van der Waals surface area (Å²) in [5.41, 5.74) is -1.15. The van der Waals surface area contributed by atoms with Gasteiger partial charge in [-0.15, -0.1) is 0 Å². The van der Waals surface area contributed by atoms with Crippen molar-refractivity contribution in [1.82, 2.24) is 0 Å². The van der Waals surface area contributed by atoms with Crippen LogP contribution in [-0.2, 0) is 14.1 Å². The fraction of sp³-hybridized carbons (Fsp3) is 0.533. The van der Waals surface area contributed by atoms with E-state index in [0.717, 1.165) is 0 Å². The molecule has 0 saturated carbocycles. The van der Waals surface area contributed by atoms with Crippen molar-refractivity contribution in [2.24, 2.45) is 0 Å². The highest BCUT2D eigenvalue weighted by atomic mass is 35.5. The van der Waals surface area contributed by atoms with Gasteiger partial charge < -0.3 is 14.4 Å². The van der Waals surface area contributed by atoms with Gasteiger partial charge >= 0.3 is 13.1 Å². The summed E-state index contributed by atoms with van der Waals surface area (Å²) in [6.07, 6.45) is -0.336. The van der Waals surface area contributed by atoms with Gasteiger partial charge in [-0.3, -0.25) is 4.79 Å². The van der Waals surface area contributed by atoms with Crippen LogP contribution in [0.3, 0.4) is 0 Å². The second-order valence-corrected chi connectivity index (χ2v) is 6.87. The van der Waals surface area contributed by atoms with Gasteiger partial charge in [0.15, 0.2) is 0 Å². The Kier molecular flexibility index (Phi) is 4.57. The Hall–Kier alpha value is -1.11. The van der Waals surface area contributed by atoms with Crippen LogP contribution >= 0.6 is 11.6 Å². The van der Waals surface area contributed by atoms with Crippen LogP contribution in [0.5, 0.6) is 0 Å². The van der Waals surface area contributed by atoms with Crippen molar-refractivity contribution in [3.05, 3.63) is 34.6 Å². The normalized spacial score (nSPS) is 20.9. The number of halogens is 2. The van der Waals surface area contributed by atoms with E-state index in [1.807, 2.05) is 27.7 Å². The van der Waals surface area contributed by atoms with E-state index in [-0.39, 0.29) is 17.0 Å². The first-order valence-electron chi connectivity index (χ1n) is 7.06. The number of rotatable bonds is 4. The maximum atomic E-state index is 14.2. The number of aliphatic carboxylic acids is 1. The lowest BCUT2D eigenvalue weighted by atomic mass is 9.66. The van der Waals surface area contributed by atoms with E-state index in [1.54, 1.807) is 0 Å². The minimum absolute atomic E-state index is 0.116. The van der Waals surface area contributed by atoms with E-state index in [1.165, 1.54) is 18.2 Å². The molecular formula is C15H19BClFO4. The summed E-state index contributed by atoms with van der Waals surface area (Å²) >= 11 is 6.08. The largest absolute Gasteiger partial charge is 0.481 e. The monoisotopic (exact) mass is 328 g/mol. The second kappa shape index (κ2) is 5.83. The average Bonchev–Trinajstić information content (AvgIpc) is 2.56. The summed E-state index contributed by atoms with van der Waals surface area (Å²) in [5.74, 6) is -2.46. The first-order chi connectivity index (χ1) is 10.0. The Labute approximate surface area is 134 Å². The highest BCUT2D eigenvalue weighted by Gasteiger charge is 2.54. The molecule has 22 heavy (non-hydrogen) atoms. The van der Waals surface area contributed by atoms with Crippen molar-refractivity contribution >= 4 is 24.7 Å². The minimum atomic E-state index is -1.07. The molecule has 120 valence electrons. The summed E-state index contributed by atoms with van der Waals surface area (Å²) in [6, 6.07) is 4.25. The van der Waals surface area contributed by atoms with Gasteiger partial charge in [-0.1, -0.05) is 17.7 Å². The van der Waals surface area contributed by atoms with Crippen molar-refractivity contribution in [3.63, 3.8) is 0 Å².